The summed E-state index contributed by atoms with van der Waals surface area (Å²) in [5, 5.41) is 0. The van der Waals surface area contributed by atoms with Gasteiger partial charge in [-0.1, -0.05) is 295 Å². The normalized spacial score (nSPS) is 12.2. The first-order valence-corrected chi connectivity index (χ1v) is 32.5. The van der Waals surface area contributed by atoms with E-state index >= 15 is 0 Å². The fraction of sp³-hybridized carbons (Fsp3) is 0.866. The molecule has 0 heterocycles. The molecule has 428 valence electrons. The Morgan fingerprint density at radius 2 is 0.493 bits per heavy atom. The largest absolute Gasteiger partial charge is 0.462 e. The number of esters is 3. The number of ether oxygens (including phenoxy) is 3. The lowest BCUT2D eigenvalue weighted by Crippen LogP contribution is -2.30. The lowest BCUT2D eigenvalue weighted by molar-refractivity contribution is -0.167. The summed E-state index contributed by atoms with van der Waals surface area (Å²) in [5.41, 5.74) is 0. The summed E-state index contributed by atoms with van der Waals surface area (Å²) < 4.78 is 16.9. The summed E-state index contributed by atoms with van der Waals surface area (Å²) >= 11 is 0. The highest BCUT2D eigenvalue weighted by Crippen LogP contribution is 2.17. The number of rotatable bonds is 60. The molecular weight excluding hydrogens is 901 g/mol. The third-order valence-electron chi connectivity index (χ3n) is 14.6. The molecule has 0 spiro atoms. The molecule has 0 bridgehead atoms. The Morgan fingerprint density at radius 3 is 0.781 bits per heavy atom. The van der Waals surface area contributed by atoms with Gasteiger partial charge in [0.2, 0.25) is 0 Å². The van der Waals surface area contributed by atoms with Gasteiger partial charge in [0.25, 0.3) is 0 Å². The zero-order chi connectivity index (χ0) is 52.9. The molecule has 1 unspecified atom stereocenters. The number of hydrogen-bond acceptors (Lipinski definition) is 6. The van der Waals surface area contributed by atoms with Gasteiger partial charge in [0.15, 0.2) is 6.10 Å². The highest BCUT2D eigenvalue weighted by atomic mass is 16.6. The maximum Gasteiger partial charge on any atom is 0.306 e. The molecule has 0 amide bonds. The van der Waals surface area contributed by atoms with Crippen LogP contribution in [0.1, 0.15) is 355 Å². The Morgan fingerprint density at radius 1 is 0.274 bits per heavy atom. The Labute approximate surface area is 455 Å². The zero-order valence-corrected chi connectivity index (χ0v) is 49.2. The van der Waals surface area contributed by atoms with Crippen molar-refractivity contribution in [3.05, 3.63) is 36.5 Å². The summed E-state index contributed by atoms with van der Waals surface area (Å²) in [6, 6.07) is 0. The van der Waals surface area contributed by atoms with Crippen LogP contribution in [0.3, 0.4) is 0 Å². The number of carbonyl (C=O) groups is 3. The van der Waals surface area contributed by atoms with E-state index in [9.17, 15) is 14.4 Å². The average Bonchev–Trinajstić information content (AvgIpc) is 3.39. The molecule has 6 heteroatoms. The van der Waals surface area contributed by atoms with E-state index in [0.29, 0.717) is 19.3 Å². The van der Waals surface area contributed by atoms with Crippen molar-refractivity contribution in [2.45, 2.75) is 361 Å². The third kappa shape index (κ3) is 60.4. The minimum atomic E-state index is -0.779. The van der Waals surface area contributed by atoms with E-state index in [2.05, 4.69) is 57.2 Å². The zero-order valence-electron chi connectivity index (χ0n) is 49.2. The van der Waals surface area contributed by atoms with E-state index in [-0.39, 0.29) is 31.1 Å². The lowest BCUT2D eigenvalue weighted by Gasteiger charge is -2.18. The number of carbonyl (C=O) groups excluding carboxylic acids is 3. The molecule has 0 aromatic rings. The van der Waals surface area contributed by atoms with Crippen molar-refractivity contribution < 1.29 is 28.6 Å². The molecule has 0 saturated carbocycles. The molecule has 0 aliphatic carbocycles. The molecule has 73 heavy (non-hydrogen) atoms. The van der Waals surface area contributed by atoms with Crippen molar-refractivity contribution in [1.82, 2.24) is 0 Å². The molecule has 0 aromatic carbocycles. The monoisotopic (exact) mass is 1020 g/mol. The minimum Gasteiger partial charge on any atom is -0.462 e. The van der Waals surface area contributed by atoms with Crippen LogP contribution in [0.4, 0.5) is 0 Å². The van der Waals surface area contributed by atoms with Crippen molar-refractivity contribution in [3.63, 3.8) is 0 Å². The molecule has 0 aromatic heterocycles. The van der Waals surface area contributed by atoms with Crippen LogP contribution < -0.4 is 0 Å². The first-order chi connectivity index (χ1) is 36.0. The predicted molar refractivity (Wildman–Crippen MR) is 316 cm³/mol. The van der Waals surface area contributed by atoms with Crippen LogP contribution >= 0.6 is 0 Å². The molecule has 1 atom stereocenters. The molecule has 0 fully saturated rings. The molecular formula is C67H124O6. The van der Waals surface area contributed by atoms with E-state index in [0.717, 1.165) is 77.0 Å². The van der Waals surface area contributed by atoms with E-state index in [4.69, 9.17) is 14.2 Å². The van der Waals surface area contributed by atoms with Crippen LogP contribution in [0, 0.1) is 0 Å². The Balaban J connectivity index is 4.33. The molecule has 0 aliphatic heterocycles. The van der Waals surface area contributed by atoms with Gasteiger partial charge >= 0.3 is 17.9 Å². The Bertz CT molecular complexity index is 1220. The molecule has 0 N–H and O–H groups in total. The maximum atomic E-state index is 12.9. The van der Waals surface area contributed by atoms with Crippen molar-refractivity contribution >= 4 is 17.9 Å². The lowest BCUT2D eigenvalue weighted by atomic mass is 10.0. The van der Waals surface area contributed by atoms with Crippen LogP contribution in [0.2, 0.25) is 0 Å². The predicted octanol–water partition coefficient (Wildman–Crippen LogP) is 22.0. The minimum absolute atomic E-state index is 0.0742. The third-order valence-corrected chi connectivity index (χ3v) is 14.6. The summed E-state index contributed by atoms with van der Waals surface area (Å²) in [6.07, 6.45) is 75.8. The molecule has 0 radical (unpaired) electrons. The first kappa shape index (κ1) is 70.6. The second kappa shape index (κ2) is 62.2. The first-order valence-electron chi connectivity index (χ1n) is 32.5. The van der Waals surface area contributed by atoms with Crippen LogP contribution in [-0.2, 0) is 28.6 Å². The van der Waals surface area contributed by atoms with Crippen LogP contribution in [-0.4, -0.2) is 37.2 Å². The van der Waals surface area contributed by atoms with Crippen LogP contribution in [0.25, 0.3) is 0 Å². The summed E-state index contributed by atoms with van der Waals surface area (Å²) in [6.45, 7) is 6.67. The van der Waals surface area contributed by atoms with E-state index in [1.54, 1.807) is 0 Å². The maximum absolute atomic E-state index is 12.9. The highest BCUT2D eigenvalue weighted by molar-refractivity contribution is 5.71. The average molecular weight is 1030 g/mol. The van der Waals surface area contributed by atoms with Gasteiger partial charge in [-0.15, -0.1) is 0 Å². The summed E-state index contributed by atoms with van der Waals surface area (Å²) in [7, 11) is 0. The smallest absolute Gasteiger partial charge is 0.306 e. The van der Waals surface area contributed by atoms with Gasteiger partial charge in [0.05, 0.1) is 0 Å². The van der Waals surface area contributed by atoms with Gasteiger partial charge in [-0.3, -0.25) is 14.4 Å². The summed E-state index contributed by atoms with van der Waals surface area (Å²) in [5.74, 6) is -0.869. The van der Waals surface area contributed by atoms with Crippen LogP contribution in [0.15, 0.2) is 36.5 Å². The Kier molecular flexibility index (Phi) is 60.2. The quantitative estimate of drug-likeness (QED) is 0.0261. The van der Waals surface area contributed by atoms with Crippen molar-refractivity contribution in [1.29, 1.82) is 0 Å². The van der Waals surface area contributed by atoms with Gasteiger partial charge in [-0.2, -0.15) is 0 Å². The van der Waals surface area contributed by atoms with E-state index in [1.165, 1.54) is 238 Å². The molecule has 0 rings (SSSR count). The topological polar surface area (TPSA) is 78.9 Å². The van der Waals surface area contributed by atoms with Crippen molar-refractivity contribution in [2.75, 3.05) is 13.2 Å². The van der Waals surface area contributed by atoms with Gasteiger partial charge in [-0.05, 0) is 77.0 Å². The molecule has 6 nitrogen and oxygen atoms in total. The SMILES string of the molecule is CCCCCC/C=C\C/C=C\CCCCCCCC(=O)OCC(COC(=O)CCCCCCCCCCCCCCCCCCCCCCC)OC(=O)CCCCCCCCC/C=C\CCCCCCCCC. The standard InChI is InChI=1S/C67H124O6/c1-4-7-10-13-16-19-22-25-28-31-33-34-35-37-39-42-45-48-51-54-57-60-66(69)72-63-64(62-71-65(68)59-56-53-50-47-44-41-38-30-27-24-21-18-15-12-9-6-3)73-67(70)61-58-55-52-49-46-43-40-36-32-29-26-23-20-17-14-11-8-5-2/h21,24,29-30,32,38,64H,4-20,22-23,25-28,31,33-37,39-63H2,1-3H3/b24-21-,32-29-,38-30-. The van der Waals surface area contributed by atoms with Crippen LogP contribution in [0.5, 0.6) is 0 Å². The van der Waals surface area contributed by atoms with Gasteiger partial charge < -0.3 is 14.2 Å². The van der Waals surface area contributed by atoms with Crippen molar-refractivity contribution in [2.24, 2.45) is 0 Å². The second-order valence-corrected chi connectivity index (χ2v) is 22.0. The molecule has 0 saturated heterocycles. The van der Waals surface area contributed by atoms with E-state index < -0.39 is 6.10 Å². The fourth-order valence-electron chi connectivity index (χ4n) is 9.71. The second-order valence-electron chi connectivity index (χ2n) is 22.0. The van der Waals surface area contributed by atoms with Gasteiger partial charge in [0.1, 0.15) is 13.2 Å². The number of unbranched alkanes of at least 4 members (excludes halogenated alkanes) is 43. The van der Waals surface area contributed by atoms with Crippen molar-refractivity contribution in [3.8, 4) is 0 Å². The number of hydrogen-bond donors (Lipinski definition) is 0. The summed E-state index contributed by atoms with van der Waals surface area (Å²) in [4.78, 5) is 38.3. The van der Waals surface area contributed by atoms with Gasteiger partial charge in [0, 0.05) is 19.3 Å². The number of allylic oxidation sites excluding steroid dienone is 6. The van der Waals surface area contributed by atoms with Gasteiger partial charge in [-0.25, -0.2) is 0 Å². The molecule has 0 aliphatic rings. The fourth-order valence-corrected chi connectivity index (χ4v) is 9.71. The Hall–Kier alpha value is -2.37. The highest BCUT2D eigenvalue weighted by Gasteiger charge is 2.19. The van der Waals surface area contributed by atoms with E-state index in [1.807, 2.05) is 0 Å².